The highest BCUT2D eigenvalue weighted by atomic mass is 19.3. The van der Waals surface area contributed by atoms with Gasteiger partial charge in [-0.25, -0.2) is 13.2 Å². The van der Waals surface area contributed by atoms with Crippen molar-refractivity contribution < 1.29 is 18.3 Å². The third-order valence-corrected chi connectivity index (χ3v) is 2.67. The molecule has 1 aliphatic rings. The highest BCUT2D eigenvalue weighted by Gasteiger charge is 2.49. The highest BCUT2D eigenvalue weighted by molar-refractivity contribution is 5.28. The van der Waals surface area contributed by atoms with Crippen LogP contribution in [0.1, 0.15) is 24.0 Å². The number of alkyl halides is 2. The zero-order valence-electron chi connectivity index (χ0n) is 8.01. The van der Waals surface area contributed by atoms with Gasteiger partial charge in [-0.15, -0.1) is 0 Å². The van der Waals surface area contributed by atoms with Crippen LogP contribution in [0.3, 0.4) is 0 Å². The van der Waals surface area contributed by atoms with E-state index in [0.29, 0.717) is 18.4 Å². The minimum absolute atomic E-state index is 0.308. The molecule has 0 unspecified atom stereocenters. The maximum atomic E-state index is 13.5. The summed E-state index contributed by atoms with van der Waals surface area (Å²) in [7, 11) is 0. The molecule has 0 aliphatic heterocycles. The van der Waals surface area contributed by atoms with Crippen LogP contribution in [0, 0.1) is 11.7 Å². The fraction of sp³-hybridized carbons (Fsp3) is 0.455. The Labute approximate surface area is 85.5 Å². The minimum Gasteiger partial charge on any atom is -0.392 e. The van der Waals surface area contributed by atoms with Gasteiger partial charge in [0.2, 0.25) is 0 Å². The molecular weight excluding hydrogens is 205 g/mol. The van der Waals surface area contributed by atoms with E-state index < -0.39 is 23.2 Å². The predicted octanol–water partition coefficient (Wildman–Crippen LogP) is 2.82. The van der Waals surface area contributed by atoms with Crippen molar-refractivity contribution in [1.29, 1.82) is 0 Å². The molecule has 0 amide bonds. The molecule has 0 heterocycles. The molecule has 1 fully saturated rings. The van der Waals surface area contributed by atoms with E-state index in [9.17, 15) is 13.2 Å². The van der Waals surface area contributed by atoms with Gasteiger partial charge in [0.05, 0.1) is 12.2 Å². The second-order valence-electron chi connectivity index (χ2n) is 3.87. The summed E-state index contributed by atoms with van der Waals surface area (Å²) in [6, 6.07) is 3.36. The third-order valence-electron chi connectivity index (χ3n) is 2.67. The molecule has 1 saturated carbocycles. The molecule has 4 heteroatoms. The molecule has 0 bridgehead atoms. The average Bonchev–Trinajstić information content (AvgIpc) is 3.00. The third kappa shape index (κ3) is 1.86. The van der Waals surface area contributed by atoms with Crippen LogP contribution in [0.4, 0.5) is 13.2 Å². The summed E-state index contributed by atoms with van der Waals surface area (Å²) in [5.74, 6) is -4.72. The Morgan fingerprint density at radius 3 is 2.47 bits per heavy atom. The van der Waals surface area contributed by atoms with Crippen LogP contribution in [-0.4, -0.2) is 5.11 Å². The first kappa shape index (κ1) is 10.5. The van der Waals surface area contributed by atoms with Crippen molar-refractivity contribution in [2.24, 2.45) is 5.92 Å². The number of halogens is 3. The summed E-state index contributed by atoms with van der Waals surface area (Å²) >= 11 is 0. The lowest BCUT2D eigenvalue weighted by Crippen LogP contribution is -2.18. The van der Waals surface area contributed by atoms with Crippen molar-refractivity contribution in [2.45, 2.75) is 25.4 Å². The van der Waals surface area contributed by atoms with E-state index in [1.165, 1.54) is 6.07 Å². The molecule has 82 valence electrons. The van der Waals surface area contributed by atoms with Crippen molar-refractivity contribution in [3.05, 3.63) is 35.1 Å². The number of rotatable bonds is 3. The van der Waals surface area contributed by atoms with E-state index in [2.05, 4.69) is 0 Å². The molecule has 0 atom stereocenters. The lowest BCUT2D eigenvalue weighted by Gasteiger charge is -2.16. The second-order valence-corrected chi connectivity index (χ2v) is 3.87. The van der Waals surface area contributed by atoms with Crippen LogP contribution in [0.25, 0.3) is 0 Å². The maximum absolute atomic E-state index is 13.5. The normalized spacial score (nSPS) is 16.8. The molecule has 0 spiro atoms. The molecule has 1 aliphatic carbocycles. The summed E-state index contributed by atoms with van der Waals surface area (Å²) in [6.45, 7) is -0.341. The van der Waals surface area contributed by atoms with E-state index in [1.807, 2.05) is 0 Å². The number of aliphatic hydroxyl groups excluding tert-OH is 1. The van der Waals surface area contributed by atoms with Crippen LogP contribution in [0.15, 0.2) is 18.2 Å². The average molecular weight is 216 g/mol. The van der Waals surface area contributed by atoms with Gasteiger partial charge < -0.3 is 5.11 Å². The van der Waals surface area contributed by atoms with E-state index in [-0.39, 0.29) is 6.61 Å². The lowest BCUT2D eigenvalue weighted by molar-refractivity contribution is -0.0318. The van der Waals surface area contributed by atoms with Gasteiger partial charge in [-0.05, 0) is 30.5 Å². The molecule has 1 N–H and O–H groups in total. The maximum Gasteiger partial charge on any atom is 0.278 e. The number of hydrogen-bond acceptors (Lipinski definition) is 1. The molecule has 1 nitrogen and oxygen atoms in total. The molecule has 15 heavy (non-hydrogen) atoms. The van der Waals surface area contributed by atoms with E-state index in [1.54, 1.807) is 0 Å². The summed E-state index contributed by atoms with van der Waals surface area (Å²) in [4.78, 5) is 0. The van der Waals surface area contributed by atoms with Crippen molar-refractivity contribution in [1.82, 2.24) is 0 Å². The van der Waals surface area contributed by atoms with Gasteiger partial charge in [-0.2, -0.15) is 0 Å². The van der Waals surface area contributed by atoms with E-state index in [4.69, 9.17) is 5.11 Å². The van der Waals surface area contributed by atoms with Crippen molar-refractivity contribution >= 4 is 0 Å². The number of hydrogen-bond donors (Lipinski definition) is 1. The topological polar surface area (TPSA) is 20.2 Å². The monoisotopic (exact) mass is 216 g/mol. The summed E-state index contributed by atoms with van der Waals surface area (Å²) < 4.78 is 40.4. The molecule has 1 aromatic carbocycles. The molecule has 0 saturated heterocycles. The zero-order valence-corrected chi connectivity index (χ0v) is 8.01. The molecule has 0 radical (unpaired) electrons. The highest BCUT2D eigenvalue weighted by Crippen LogP contribution is 2.50. The summed E-state index contributed by atoms with van der Waals surface area (Å²) in [5, 5.41) is 8.72. The van der Waals surface area contributed by atoms with Gasteiger partial charge in [0.1, 0.15) is 5.82 Å². The fourth-order valence-corrected chi connectivity index (χ4v) is 1.59. The SMILES string of the molecule is OCc1ccc(C(F)(F)C2CC2)c(F)c1. The van der Waals surface area contributed by atoms with Crippen LogP contribution in [-0.2, 0) is 12.5 Å². The number of aliphatic hydroxyl groups is 1. The Bertz CT molecular complexity index is 372. The largest absolute Gasteiger partial charge is 0.392 e. The van der Waals surface area contributed by atoms with Gasteiger partial charge in [0.25, 0.3) is 5.92 Å². The standard InChI is InChI=1S/C11H11F3O/c12-10-5-7(6-15)1-4-9(10)11(13,14)8-2-3-8/h1,4-5,8,15H,2-3,6H2. The van der Waals surface area contributed by atoms with E-state index >= 15 is 0 Å². The summed E-state index contributed by atoms with van der Waals surface area (Å²) in [5.41, 5.74) is -0.245. The molecule has 0 aromatic heterocycles. The summed E-state index contributed by atoms with van der Waals surface area (Å²) in [6.07, 6.45) is 0.905. The van der Waals surface area contributed by atoms with Gasteiger partial charge >= 0.3 is 0 Å². The molecular formula is C11H11F3O. The van der Waals surface area contributed by atoms with Crippen molar-refractivity contribution in [3.63, 3.8) is 0 Å². The van der Waals surface area contributed by atoms with Gasteiger partial charge in [0, 0.05) is 5.92 Å². The Balaban J connectivity index is 2.35. The Hall–Kier alpha value is -1.03. The fourth-order valence-electron chi connectivity index (χ4n) is 1.59. The van der Waals surface area contributed by atoms with Gasteiger partial charge in [-0.1, -0.05) is 6.07 Å². The zero-order chi connectivity index (χ0) is 11.1. The quantitative estimate of drug-likeness (QED) is 0.823. The lowest BCUT2D eigenvalue weighted by atomic mass is 10.0. The predicted molar refractivity (Wildman–Crippen MR) is 48.9 cm³/mol. The van der Waals surface area contributed by atoms with Gasteiger partial charge in [0.15, 0.2) is 0 Å². The Morgan fingerprint density at radius 1 is 1.33 bits per heavy atom. The molecule has 2 rings (SSSR count). The first-order chi connectivity index (χ1) is 7.05. The second kappa shape index (κ2) is 3.52. The minimum atomic E-state index is -3.07. The first-order valence-electron chi connectivity index (χ1n) is 4.83. The van der Waals surface area contributed by atoms with Crippen LogP contribution in [0.5, 0.6) is 0 Å². The van der Waals surface area contributed by atoms with Crippen LogP contribution in [0.2, 0.25) is 0 Å². The Kier molecular flexibility index (Phi) is 2.46. The Morgan fingerprint density at radius 2 is 2.00 bits per heavy atom. The smallest absolute Gasteiger partial charge is 0.278 e. The first-order valence-corrected chi connectivity index (χ1v) is 4.83. The van der Waals surface area contributed by atoms with Crippen LogP contribution >= 0.6 is 0 Å². The number of benzene rings is 1. The van der Waals surface area contributed by atoms with Gasteiger partial charge in [-0.3, -0.25) is 0 Å². The van der Waals surface area contributed by atoms with Crippen molar-refractivity contribution in [3.8, 4) is 0 Å². The van der Waals surface area contributed by atoms with E-state index in [0.717, 1.165) is 12.1 Å². The van der Waals surface area contributed by atoms with Crippen LogP contribution < -0.4 is 0 Å². The molecule has 1 aromatic rings. The van der Waals surface area contributed by atoms with Crippen molar-refractivity contribution in [2.75, 3.05) is 0 Å².